The molecule has 6 nitrogen and oxygen atoms in total. The van der Waals surface area contributed by atoms with Gasteiger partial charge in [-0.15, -0.1) is 0 Å². The van der Waals surface area contributed by atoms with Crippen LogP contribution in [0.25, 0.3) is 0 Å². The number of fused-ring (bicyclic) bond motifs is 2. The molecule has 6 heteroatoms. The van der Waals surface area contributed by atoms with Crippen LogP contribution in [0.3, 0.4) is 0 Å². The van der Waals surface area contributed by atoms with Gasteiger partial charge in [-0.05, 0) is 23.8 Å². The van der Waals surface area contributed by atoms with E-state index in [4.69, 9.17) is 18.9 Å². The third-order valence-corrected chi connectivity index (χ3v) is 5.04. The van der Waals surface area contributed by atoms with Crippen LogP contribution in [0.4, 0.5) is 0 Å². The second-order valence-corrected chi connectivity index (χ2v) is 6.66. The predicted octanol–water partition coefficient (Wildman–Crippen LogP) is 2.43. The minimum absolute atomic E-state index is 0.0505. The first-order chi connectivity index (χ1) is 13.2. The summed E-state index contributed by atoms with van der Waals surface area (Å²) >= 11 is 0. The van der Waals surface area contributed by atoms with Crippen molar-refractivity contribution in [3.05, 3.63) is 46.5 Å². The molecule has 2 aromatic rings. The highest BCUT2D eigenvalue weighted by Crippen LogP contribution is 2.40. The molecular weight excluding hydrogens is 346 g/mol. The van der Waals surface area contributed by atoms with Crippen LogP contribution in [-0.2, 0) is 30.6 Å². The van der Waals surface area contributed by atoms with Gasteiger partial charge in [0.15, 0.2) is 11.5 Å². The van der Waals surface area contributed by atoms with Crippen LogP contribution in [0.5, 0.6) is 23.0 Å². The summed E-state index contributed by atoms with van der Waals surface area (Å²) in [5, 5.41) is 3.03. The van der Waals surface area contributed by atoms with Gasteiger partial charge in [0.05, 0.1) is 33.9 Å². The maximum absolute atomic E-state index is 12.5. The Bertz CT molecular complexity index is 845. The van der Waals surface area contributed by atoms with Crippen LogP contribution in [0.2, 0.25) is 0 Å². The van der Waals surface area contributed by atoms with Crippen LogP contribution in [-0.4, -0.2) is 33.3 Å². The molecule has 2 aromatic carbocycles. The molecule has 0 unspecified atom stereocenters. The van der Waals surface area contributed by atoms with Crippen LogP contribution >= 0.6 is 0 Å². The fourth-order valence-electron chi connectivity index (χ4n) is 3.70. The van der Waals surface area contributed by atoms with Crippen molar-refractivity contribution in [1.82, 2.24) is 5.32 Å². The molecule has 0 radical (unpaired) electrons. The Hall–Kier alpha value is -2.89. The quantitative estimate of drug-likeness (QED) is 0.847. The SMILES string of the molecule is COc1ccc(CC(=O)NCc2c3c(cc4c2OCC4)OCC3)cc1OC. The molecule has 0 saturated carbocycles. The molecule has 0 atom stereocenters. The summed E-state index contributed by atoms with van der Waals surface area (Å²) < 4.78 is 22.1. The van der Waals surface area contributed by atoms with E-state index in [9.17, 15) is 4.79 Å². The van der Waals surface area contributed by atoms with E-state index in [0.717, 1.165) is 41.0 Å². The lowest BCUT2D eigenvalue weighted by atomic mass is 9.99. The van der Waals surface area contributed by atoms with Crippen molar-refractivity contribution in [1.29, 1.82) is 0 Å². The third kappa shape index (κ3) is 3.39. The molecular formula is C21H23NO5. The highest BCUT2D eigenvalue weighted by atomic mass is 16.5. The summed E-state index contributed by atoms with van der Waals surface area (Å²) in [6, 6.07) is 7.59. The molecule has 142 valence electrons. The van der Waals surface area contributed by atoms with E-state index in [0.29, 0.717) is 31.3 Å². The van der Waals surface area contributed by atoms with Crippen LogP contribution in [0, 0.1) is 0 Å². The molecule has 0 spiro atoms. The lowest BCUT2D eigenvalue weighted by Gasteiger charge is -2.14. The standard InChI is InChI=1S/C21H23NO5/c1-24-17-4-3-13(9-19(17)25-2)10-20(23)22-12-16-15-6-8-26-18(15)11-14-5-7-27-21(14)16/h3-4,9,11H,5-8,10,12H2,1-2H3,(H,22,23). The molecule has 0 bridgehead atoms. The first-order valence-electron chi connectivity index (χ1n) is 9.10. The maximum atomic E-state index is 12.5. The lowest BCUT2D eigenvalue weighted by Crippen LogP contribution is -2.25. The Labute approximate surface area is 158 Å². The highest BCUT2D eigenvalue weighted by Gasteiger charge is 2.26. The summed E-state index contributed by atoms with van der Waals surface area (Å²) in [4.78, 5) is 12.5. The molecule has 0 aromatic heterocycles. The van der Waals surface area contributed by atoms with Crippen molar-refractivity contribution >= 4 is 5.91 Å². The van der Waals surface area contributed by atoms with Gasteiger partial charge in [-0.2, -0.15) is 0 Å². The monoisotopic (exact) mass is 369 g/mol. The first kappa shape index (κ1) is 17.5. The van der Waals surface area contributed by atoms with Gasteiger partial charge in [0, 0.05) is 36.1 Å². The van der Waals surface area contributed by atoms with Crippen molar-refractivity contribution < 1.29 is 23.7 Å². The number of rotatable bonds is 6. The smallest absolute Gasteiger partial charge is 0.224 e. The number of nitrogens with one attached hydrogen (secondary N) is 1. The molecule has 2 aliphatic rings. The van der Waals surface area contributed by atoms with Gasteiger partial charge in [0.1, 0.15) is 11.5 Å². The zero-order chi connectivity index (χ0) is 18.8. The maximum Gasteiger partial charge on any atom is 0.224 e. The van der Waals surface area contributed by atoms with Gasteiger partial charge in [-0.3, -0.25) is 4.79 Å². The molecule has 1 N–H and O–H groups in total. The van der Waals surface area contributed by atoms with E-state index >= 15 is 0 Å². The highest BCUT2D eigenvalue weighted by molar-refractivity contribution is 5.79. The second-order valence-electron chi connectivity index (χ2n) is 6.66. The van der Waals surface area contributed by atoms with E-state index in [-0.39, 0.29) is 12.3 Å². The zero-order valence-corrected chi connectivity index (χ0v) is 15.6. The topological polar surface area (TPSA) is 66.0 Å². The van der Waals surface area contributed by atoms with E-state index in [1.165, 1.54) is 5.56 Å². The van der Waals surface area contributed by atoms with E-state index in [1.807, 2.05) is 18.2 Å². The first-order valence-corrected chi connectivity index (χ1v) is 9.10. The van der Waals surface area contributed by atoms with Gasteiger partial charge in [-0.1, -0.05) is 6.07 Å². The second kappa shape index (κ2) is 7.39. The fraction of sp³-hybridized carbons (Fsp3) is 0.381. The minimum atomic E-state index is -0.0505. The van der Waals surface area contributed by atoms with Crippen molar-refractivity contribution in [3.63, 3.8) is 0 Å². The number of benzene rings is 2. The van der Waals surface area contributed by atoms with Gasteiger partial charge in [0.25, 0.3) is 0 Å². The number of carbonyl (C=O) groups is 1. The summed E-state index contributed by atoms with van der Waals surface area (Å²) in [6.07, 6.45) is 2.01. The third-order valence-electron chi connectivity index (χ3n) is 5.04. The van der Waals surface area contributed by atoms with Gasteiger partial charge >= 0.3 is 0 Å². The number of amides is 1. The summed E-state index contributed by atoms with van der Waals surface area (Å²) in [6.45, 7) is 1.82. The normalized spacial score (nSPS) is 14.0. The summed E-state index contributed by atoms with van der Waals surface area (Å²) in [7, 11) is 3.17. The number of hydrogen-bond donors (Lipinski definition) is 1. The molecule has 0 aliphatic carbocycles. The number of carbonyl (C=O) groups excluding carboxylic acids is 1. The Kier molecular flexibility index (Phi) is 4.79. The van der Waals surface area contributed by atoms with Crippen molar-refractivity contribution in [2.75, 3.05) is 27.4 Å². The molecule has 1 amide bonds. The van der Waals surface area contributed by atoms with Gasteiger partial charge < -0.3 is 24.3 Å². The molecule has 2 heterocycles. The average Bonchev–Trinajstić information content (AvgIpc) is 3.34. The molecule has 4 rings (SSSR count). The van der Waals surface area contributed by atoms with E-state index in [2.05, 4.69) is 11.4 Å². The Morgan fingerprint density at radius 2 is 1.89 bits per heavy atom. The molecule has 0 saturated heterocycles. The lowest BCUT2D eigenvalue weighted by molar-refractivity contribution is -0.120. The summed E-state index contributed by atoms with van der Waals surface area (Å²) in [5.74, 6) is 3.07. The summed E-state index contributed by atoms with van der Waals surface area (Å²) in [5.41, 5.74) is 4.24. The van der Waals surface area contributed by atoms with Crippen LogP contribution in [0.15, 0.2) is 24.3 Å². The van der Waals surface area contributed by atoms with Crippen molar-refractivity contribution in [3.8, 4) is 23.0 Å². The Morgan fingerprint density at radius 1 is 1.07 bits per heavy atom. The van der Waals surface area contributed by atoms with Crippen molar-refractivity contribution in [2.24, 2.45) is 0 Å². The average molecular weight is 369 g/mol. The van der Waals surface area contributed by atoms with Gasteiger partial charge in [-0.25, -0.2) is 0 Å². The predicted molar refractivity (Wildman–Crippen MR) is 99.9 cm³/mol. The van der Waals surface area contributed by atoms with Gasteiger partial charge in [0.2, 0.25) is 5.91 Å². The number of methoxy groups -OCH3 is 2. The fourth-order valence-corrected chi connectivity index (χ4v) is 3.70. The minimum Gasteiger partial charge on any atom is -0.493 e. The molecule has 27 heavy (non-hydrogen) atoms. The zero-order valence-electron chi connectivity index (χ0n) is 15.6. The van der Waals surface area contributed by atoms with Crippen LogP contribution < -0.4 is 24.3 Å². The number of hydrogen-bond acceptors (Lipinski definition) is 5. The Balaban J connectivity index is 1.46. The Morgan fingerprint density at radius 3 is 2.70 bits per heavy atom. The van der Waals surface area contributed by atoms with E-state index in [1.54, 1.807) is 14.2 Å². The number of ether oxygens (including phenoxy) is 4. The van der Waals surface area contributed by atoms with Crippen LogP contribution in [0.1, 0.15) is 22.3 Å². The van der Waals surface area contributed by atoms with Crippen molar-refractivity contribution in [2.45, 2.75) is 25.8 Å². The molecule has 0 fully saturated rings. The molecule has 2 aliphatic heterocycles. The largest absolute Gasteiger partial charge is 0.493 e. The van der Waals surface area contributed by atoms with E-state index < -0.39 is 0 Å².